The van der Waals surface area contributed by atoms with Crippen LogP contribution < -0.4 is 5.73 Å². The lowest BCUT2D eigenvalue weighted by Gasteiger charge is -2.32. The molecule has 0 bridgehead atoms. The second-order valence-electron chi connectivity index (χ2n) is 4.40. The third-order valence-corrected chi connectivity index (χ3v) is 6.09. The van der Waals surface area contributed by atoms with Gasteiger partial charge in [-0.3, -0.25) is 0 Å². The van der Waals surface area contributed by atoms with Gasteiger partial charge in [0.1, 0.15) is 5.25 Å². The van der Waals surface area contributed by atoms with Crippen LogP contribution in [-0.4, -0.2) is 36.1 Å². The molecule has 0 aromatic carbocycles. The summed E-state index contributed by atoms with van der Waals surface area (Å²) in [6, 6.07) is 0.121. The zero-order chi connectivity index (χ0) is 12.3. The number of hydrogen-bond acceptors (Lipinski definition) is 3. The Balaban J connectivity index is 2.78. The molecule has 16 heavy (non-hydrogen) atoms. The Morgan fingerprint density at radius 1 is 1.38 bits per heavy atom. The van der Waals surface area contributed by atoms with Crippen LogP contribution in [0.1, 0.15) is 39.0 Å². The van der Waals surface area contributed by atoms with Crippen molar-refractivity contribution in [2.24, 2.45) is 5.73 Å². The fourth-order valence-electron chi connectivity index (χ4n) is 2.05. The molecule has 1 aliphatic carbocycles. The van der Waals surface area contributed by atoms with Gasteiger partial charge in [0.05, 0.1) is 4.99 Å². The van der Waals surface area contributed by atoms with E-state index in [4.69, 9.17) is 18.0 Å². The van der Waals surface area contributed by atoms with Crippen molar-refractivity contribution in [3.05, 3.63) is 0 Å². The molecular weight excluding hydrogens is 244 g/mol. The van der Waals surface area contributed by atoms with Crippen LogP contribution in [0.2, 0.25) is 0 Å². The summed E-state index contributed by atoms with van der Waals surface area (Å²) >= 11 is 4.76. The van der Waals surface area contributed by atoms with Crippen molar-refractivity contribution in [3.63, 3.8) is 0 Å². The minimum atomic E-state index is -3.37. The Morgan fingerprint density at radius 2 is 1.88 bits per heavy atom. The van der Waals surface area contributed by atoms with Crippen LogP contribution in [0.3, 0.4) is 0 Å². The average molecular weight is 264 g/mol. The van der Waals surface area contributed by atoms with Gasteiger partial charge in [0.2, 0.25) is 10.0 Å². The summed E-state index contributed by atoms with van der Waals surface area (Å²) < 4.78 is 25.7. The van der Waals surface area contributed by atoms with Gasteiger partial charge in [-0.05, 0) is 19.8 Å². The first-order chi connectivity index (χ1) is 7.37. The Kier molecular flexibility index (Phi) is 4.70. The van der Waals surface area contributed by atoms with Crippen molar-refractivity contribution in [1.82, 2.24) is 4.31 Å². The summed E-state index contributed by atoms with van der Waals surface area (Å²) in [5.74, 6) is 0. The molecule has 1 saturated carbocycles. The number of rotatable bonds is 4. The molecule has 0 aromatic rings. The van der Waals surface area contributed by atoms with Crippen LogP contribution in [0.5, 0.6) is 0 Å². The van der Waals surface area contributed by atoms with Gasteiger partial charge in [0.15, 0.2) is 0 Å². The second kappa shape index (κ2) is 5.42. The molecule has 4 nitrogen and oxygen atoms in total. The maximum Gasteiger partial charge on any atom is 0.223 e. The van der Waals surface area contributed by atoms with Crippen LogP contribution in [0, 0.1) is 0 Å². The normalized spacial score (nSPS) is 20.9. The first-order valence-corrected chi connectivity index (χ1v) is 7.54. The standard InChI is InChI=1S/C10H20N2O2S2/c1-8(10(11)15)16(13,14)12(2)9-6-4-3-5-7-9/h8-9H,3-7H2,1-2H3,(H2,11,15). The van der Waals surface area contributed by atoms with E-state index in [2.05, 4.69) is 0 Å². The van der Waals surface area contributed by atoms with Gasteiger partial charge in [-0.1, -0.05) is 31.5 Å². The number of thiocarbonyl (C=S) groups is 1. The Bertz CT molecular complexity index is 348. The molecule has 1 rings (SSSR count). The lowest BCUT2D eigenvalue weighted by molar-refractivity contribution is 0.285. The molecule has 0 radical (unpaired) electrons. The molecule has 0 spiro atoms. The number of nitrogens with two attached hydrogens (primary N) is 1. The van der Waals surface area contributed by atoms with Crippen LogP contribution in [0.25, 0.3) is 0 Å². The van der Waals surface area contributed by atoms with E-state index in [1.807, 2.05) is 0 Å². The highest BCUT2D eigenvalue weighted by atomic mass is 32.2. The quantitative estimate of drug-likeness (QED) is 0.776. The third kappa shape index (κ3) is 2.93. The highest BCUT2D eigenvalue weighted by Gasteiger charge is 2.33. The zero-order valence-corrected chi connectivity index (χ0v) is 11.5. The molecule has 2 N–H and O–H groups in total. The first kappa shape index (κ1) is 13.9. The molecular formula is C10H20N2O2S2. The summed E-state index contributed by atoms with van der Waals surface area (Å²) in [7, 11) is -1.73. The van der Waals surface area contributed by atoms with E-state index in [1.54, 1.807) is 14.0 Å². The van der Waals surface area contributed by atoms with E-state index in [9.17, 15) is 8.42 Å². The Hall–Kier alpha value is -0.200. The van der Waals surface area contributed by atoms with Crippen LogP contribution in [0.15, 0.2) is 0 Å². The van der Waals surface area contributed by atoms with Crippen LogP contribution in [0.4, 0.5) is 0 Å². The topological polar surface area (TPSA) is 63.4 Å². The van der Waals surface area contributed by atoms with Gasteiger partial charge in [0, 0.05) is 13.1 Å². The zero-order valence-electron chi connectivity index (χ0n) is 9.85. The Labute approximate surface area is 103 Å². The number of sulfonamides is 1. The van der Waals surface area contributed by atoms with Crippen molar-refractivity contribution < 1.29 is 8.42 Å². The second-order valence-corrected chi connectivity index (χ2v) is 7.18. The molecule has 0 saturated heterocycles. The van der Waals surface area contributed by atoms with Gasteiger partial charge in [-0.2, -0.15) is 0 Å². The van der Waals surface area contributed by atoms with Crippen molar-refractivity contribution >= 4 is 27.2 Å². The smallest absolute Gasteiger partial charge is 0.223 e. The van der Waals surface area contributed by atoms with E-state index < -0.39 is 15.3 Å². The summed E-state index contributed by atoms with van der Waals surface area (Å²) in [6.45, 7) is 1.55. The fraction of sp³-hybridized carbons (Fsp3) is 0.900. The molecule has 0 aromatic heterocycles. The summed E-state index contributed by atoms with van der Waals surface area (Å²) in [5.41, 5.74) is 5.42. The van der Waals surface area contributed by atoms with E-state index in [-0.39, 0.29) is 11.0 Å². The lowest BCUT2D eigenvalue weighted by atomic mass is 9.96. The summed E-state index contributed by atoms with van der Waals surface area (Å²) in [5, 5.41) is -0.769. The highest BCUT2D eigenvalue weighted by molar-refractivity contribution is 7.92. The van der Waals surface area contributed by atoms with Gasteiger partial charge < -0.3 is 5.73 Å². The molecule has 0 amide bonds. The maximum atomic E-state index is 12.1. The molecule has 0 heterocycles. The van der Waals surface area contributed by atoms with E-state index in [0.29, 0.717) is 0 Å². The SMILES string of the molecule is CC(C(N)=S)S(=O)(=O)N(C)C1CCCCC1. The third-order valence-electron chi connectivity index (χ3n) is 3.34. The van der Waals surface area contributed by atoms with Crippen LogP contribution >= 0.6 is 12.2 Å². The van der Waals surface area contributed by atoms with Crippen molar-refractivity contribution in [3.8, 4) is 0 Å². The molecule has 94 valence electrons. The first-order valence-electron chi connectivity index (χ1n) is 5.63. The highest BCUT2D eigenvalue weighted by Crippen LogP contribution is 2.24. The van der Waals surface area contributed by atoms with E-state index in [0.717, 1.165) is 25.7 Å². The van der Waals surface area contributed by atoms with Crippen molar-refractivity contribution in [1.29, 1.82) is 0 Å². The van der Waals surface area contributed by atoms with Crippen molar-refractivity contribution in [2.45, 2.75) is 50.3 Å². The molecule has 1 fully saturated rings. The minimum absolute atomic E-state index is 0.0441. The van der Waals surface area contributed by atoms with Gasteiger partial charge >= 0.3 is 0 Å². The lowest BCUT2D eigenvalue weighted by Crippen LogP contribution is -2.46. The molecule has 1 aliphatic rings. The average Bonchev–Trinajstić information content (AvgIpc) is 2.28. The summed E-state index contributed by atoms with van der Waals surface area (Å²) in [6.07, 6.45) is 5.30. The molecule has 1 atom stereocenters. The monoisotopic (exact) mass is 264 g/mol. The minimum Gasteiger partial charge on any atom is -0.392 e. The molecule has 1 unspecified atom stereocenters. The van der Waals surface area contributed by atoms with E-state index in [1.165, 1.54) is 10.7 Å². The van der Waals surface area contributed by atoms with Gasteiger partial charge in [0.25, 0.3) is 0 Å². The fourth-order valence-corrected chi connectivity index (χ4v) is 3.83. The predicted octanol–water partition coefficient (Wildman–Crippen LogP) is 1.26. The predicted molar refractivity (Wildman–Crippen MR) is 69.8 cm³/mol. The molecule has 0 aliphatic heterocycles. The Morgan fingerprint density at radius 3 is 2.31 bits per heavy atom. The largest absolute Gasteiger partial charge is 0.392 e. The van der Waals surface area contributed by atoms with Gasteiger partial charge in [-0.25, -0.2) is 12.7 Å². The summed E-state index contributed by atoms with van der Waals surface area (Å²) in [4.78, 5) is 0.0441. The van der Waals surface area contributed by atoms with Gasteiger partial charge in [-0.15, -0.1) is 0 Å². The van der Waals surface area contributed by atoms with Crippen LogP contribution in [-0.2, 0) is 10.0 Å². The van der Waals surface area contributed by atoms with E-state index >= 15 is 0 Å². The number of nitrogens with zero attached hydrogens (tertiary/aromatic N) is 1. The molecule has 6 heteroatoms. The number of hydrogen-bond donors (Lipinski definition) is 1. The maximum absolute atomic E-state index is 12.1. The van der Waals surface area contributed by atoms with Crippen molar-refractivity contribution in [2.75, 3.05) is 7.05 Å².